The number of anilines is 2. The zero-order valence-electron chi connectivity index (χ0n) is 18.4. The van der Waals surface area contributed by atoms with E-state index in [9.17, 15) is 9.59 Å². The van der Waals surface area contributed by atoms with E-state index in [1.807, 2.05) is 33.8 Å². The van der Waals surface area contributed by atoms with Crippen molar-refractivity contribution in [3.8, 4) is 0 Å². The molecule has 1 aromatic carbocycles. The van der Waals surface area contributed by atoms with Crippen LogP contribution in [-0.2, 0) is 9.59 Å². The van der Waals surface area contributed by atoms with Crippen molar-refractivity contribution in [2.24, 2.45) is 11.8 Å². The molecule has 0 radical (unpaired) electrons. The summed E-state index contributed by atoms with van der Waals surface area (Å²) in [5.41, 5.74) is 2.94. The maximum Gasteiger partial charge on any atom is 0.227 e. The molecule has 0 atom stereocenters. The molecule has 0 spiro atoms. The molecule has 0 aliphatic heterocycles. The molecule has 5 heteroatoms. The highest BCUT2D eigenvalue weighted by atomic mass is 16.2. The number of aryl methyl sites for hydroxylation is 1. The number of amides is 2. The lowest BCUT2D eigenvalue weighted by Crippen LogP contribution is -2.45. The van der Waals surface area contributed by atoms with Crippen LogP contribution in [0.5, 0.6) is 0 Å². The number of carbonyl (C=O) groups excluding carboxylic acids is 2. The number of rotatable bonds is 6. The summed E-state index contributed by atoms with van der Waals surface area (Å²) in [4.78, 5) is 27.4. The summed E-state index contributed by atoms with van der Waals surface area (Å²) in [6, 6.07) is 6.21. The summed E-state index contributed by atoms with van der Waals surface area (Å²) in [5, 5.41) is 6.17. The van der Waals surface area contributed by atoms with Gasteiger partial charge in [0.1, 0.15) is 0 Å². The smallest absolute Gasteiger partial charge is 0.227 e. The molecular formula is C23H37N3O2. The van der Waals surface area contributed by atoms with Gasteiger partial charge >= 0.3 is 0 Å². The zero-order valence-corrected chi connectivity index (χ0v) is 18.4. The molecule has 1 aliphatic carbocycles. The van der Waals surface area contributed by atoms with Gasteiger partial charge < -0.3 is 15.5 Å². The highest BCUT2D eigenvalue weighted by Crippen LogP contribution is 2.31. The highest BCUT2D eigenvalue weighted by molar-refractivity contribution is 5.93. The average Bonchev–Trinajstić information content (AvgIpc) is 2.63. The van der Waals surface area contributed by atoms with Gasteiger partial charge in [-0.2, -0.15) is 0 Å². The Kier molecular flexibility index (Phi) is 7.50. The third-order valence-corrected chi connectivity index (χ3v) is 5.56. The quantitative estimate of drug-likeness (QED) is 0.755. The zero-order chi connectivity index (χ0) is 20.9. The molecule has 0 unspecified atom stereocenters. The van der Waals surface area contributed by atoms with Crippen LogP contribution in [0.3, 0.4) is 0 Å². The van der Waals surface area contributed by atoms with Gasteiger partial charge in [0.05, 0.1) is 0 Å². The molecule has 28 heavy (non-hydrogen) atoms. The first-order valence-corrected chi connectivity index (χ1v) is 10.6. The van der Waals surface area contributed by atoms with E-state index in [-0.39, 0.29) is 29.2 Å². The summed E-state index contributed by atoms with van der Waals surface area (Å²) in [7, 11) is 0. The van der Waals surface area contributed by atoms with Gasteiger partial charge in [0.25, 0.3) is 0 Å². The summed E-state index contributed by atoms with van der Waals surface area (Å²) in [6.07, 6.45) is 3.09. The van der Waals surface area contributed by atoms with Gasteiger partial charge in [-0.3, -0.25) is 9.59 Å². The van der Waals surface area contributed by atoms with Crippen molar-refractivity contribution in [2.45, 2.75) is 72.8 Å². The number of nitrogens with one attached hydrogen (secondary N) is 2. The fraction of sp³-hybridized carbons (Fsp3) is 0.652. The minimum absolute atomic E-state index is 0.0134. The molecule has 2 N–H and O–H groups in total. The highest BCUT2D eigenvalue weighted by Gasteiger charge is 2.31. The van der Waals surface area contributed by atoms with Gasteiger partial charge in [-0.1, -0.05) is 0 Å². The molecule has 156 valence electrons. The molecule has 1 aromatic rings. The summed E-state index contributed by atoms with van der Waals surface area (Å²) >= 11 is 0. The van der Waals surface area contributed by atoms with Crippen LogP contribution in [0.1, 0.15) is 65.9 Å². The predicted molar refractivity (Wildman–Crippen MR) is 117 cm³/mol. The third kappa shape index (κ3) is 5.98. The Morgan fingerprint density at radius 1 is 1.00 bits per heavy atom. The van der Waals surface area contributed by atoms with Gasteiger partial charge in [-0.05, 0) is 91.0 Å². The topological polar surface area (TPSA) is 61.4 Å². The Morgan fingerprint density at radius 3 is 2.00 bits per heavy atom. The van der Waals surface area contributed by atoms with Crippen LogP contribution in [0.2, 0.25) is 0 Å². The summed E-state index contributed by atoms with van der Waals surface area (Å²) < 4.78 is 0. The molecule has 1 saturated carbocycles. The molecule has 0 aromatic heterocycles. The van der Waals surface area contributed by atoms with E-state index in [0.29, 0.717) is 0 Å². The van der Waals surface area contributed by atoms with Crippen molar-refractivity contribution in [1.29, 1.82) is 0 Å². The maximum atomic E-state index is 12.7. The number of benzene rings is 1. The molecular weight excluding hydrogens is 350 g/mol. The SMILES string of the molecule is CCN(CC)c1ccc(NC(=O)C2CCC(C(=O)NC(C)(C)C)CC2)c(C)c1. The standard InChI is InChI=1S/C23H37N3O2/c1-7-26(8-2)19-13-14-20(16(3)15-19)24-21(27)17-9-11-18(12-10-17)22(28)25-23(4,5)6/h13-15,17-18H,7-12H2,1-6H3,(H,24,27)(H,25,28). The van der Waals surface area contributed by atoms with Crippen LogP contribution in [0.4, 0.5) is 11.4 Å². The van der Waals surface area contributed by atoms with Gasteiger partial charge in [0.15, 0.2) is 0 Å². The number of nitrogens with zero attached hydrogens (tertiary/aromatic N) is 1. The van der Waals surface area contributed by atoms with E-state index < -0.39 is 0 Å². The van der Waals surface area contributed by atoms with Crippen molar-refractivity contribution in [3.05, 3.63) is 23.8 Å². The van der Waals surface area contributed by atoms with Crippen LogP contribution in [-0.4, -0.2) is 30.4 Å². The monoisotopic (exact) mass is 387 g/mol. The van der Waals surface area contributed by atoms with Gasteiger partial charge in [-0.25, -0.2) is 0 Å². The fourth-order valence-electron chi connectivity index (χ4n) is 3.90. The Hall–Kier alpha value is -2.04. The van der Waals surface area contributed by atoms with E-state index in [2.05, 4.69) is 41.5 Å². The largest absolute Gasteiger partial charge is 0.372 e. The van der Waals surface area contributed by atoms with Gasteiger partial charge in [0, 0.05) is 41.8 Å². The summed E-state index contributed by atoms with van der Waals surface area (Å²) in [5.74, 6) is 0.210. The Balaban J connectivity index is 1.92. The van der Waals surface area contributed by atoms with Crippen molar-refractivity contribution < 1.29 is 9.59 Å². The molecule has 1 aliphatic rings. The first-order valence-electron chi connectivity index (χ1n) is 10.6. The van der Waals surface area contributed by atoms with E-state index in [4.69, 9.17) is 0 Å². The Morgan fingerprint density at radius 2 is 1.54 bits per heavy atom. The van der Waals surface area contributed by atoms with Crippen LogP contribution < -0.4 is 15.5 Å². The maximum absolute atomic E-state index is 12.7. The van der Waals surface area contributed by atoms with Gasteiger partial charge in [-0.15, -0.1) is 0 Å². The summed E-state index contributed by atoms with van der Waals surface area (Å²) in [6.45, 7) is 14.3. The van der Waals surface area contributed by atoms with Crippen molar-refractivity contribution >= 4 is 23.2 Å². The van der Waals surface area contributed by atoms with Crippen LogP contribution in [0, 0.1) is 18.8 Å². The van der Waals surface area contributed by atoms with Crippen LogP contribution >= 0.6 is 0 Å². The minimum atomic E-state index is -0.208. The molecule has 1 fully saturated rings. The van der Waals surface area contributed by atoms with Gasteiger partial charge in [0.2, 0.25) is 11.8 Å². The first kappa shape index (κ1) is 22.3. The number of hydrogen-bond donors (Lipinski definition) is 2. The molecule has 2 amide bonds. The molecule has 0 saturated heterocycles. The van der Waals surface area contributed by atoms with Crippen molar-refractivity contribution in [3.63, 3.8) is 0 Å². The normalized spacial score (nSPS) is 19.8. The lowest BCUT2D eigenvalue weighted by atomic mass is 9.80. The fourth-order valence-corrected chi connectivity index (χ4v) is 3.90. The first-order chi connectivity index (χ1) is 13.1. The lowest BCUT2D eigenvalue weighted by Gasteiger charge is -2.30. The molecule has 0 heterocycles. The third-order valence-electron chi connectivity index (χ3n) is 5.56. The average molecular weight is 388 g/mol. The molecule has 2 rings (SSSR count). The van der Waals surface area contributed by atoms with E-state index in [1.54, 1.807) is 0 Å². The predicted octanol–water partition coefficient (Wildman–Crippen LogP) is 4.50. The number of carbonyl (C=O) groups is 2. The second-order valence-electron chi connectivity index (χ2n) is 8.95. The molecule has 5 nitrogen and oxygen atoms in total. The Bertz CT molecular complexity index is 682. The van der Waals surface area contributed by atoms with Crippen molar-refractivity contribution in [2.75, 3.05) is 23.3 Å². The van der Waals surface area contributed by atoms with E-state index in [1.165, 1.54) is 5.69 Å². The second kappa shape index (κ2) is 9.44. The van der Waals surface area contributed by atoms with E-state index >= 15 is 0 Å². The molecule has 0 bridgehead atoms. The lowest BCUT2D eigenvalue weighted by molar-refractivity contribution is -0.129. The van der Waals surface area contributed by atoms with Crippen LogP contribution in [0.25, 0.3) is 0 Å². The van der Waals surface area contributed by atoms with Crippen molar-refractivity contribution in [1.82, 2.24) is 5.32 Å². The van der Waals surface area contributed by atoms with E-state index in [0.717, 1.165) is 50.0 Å². The van der Waals surface area contributed by atoms with Crippen LogP contribution in [0.15, 0.2) is 18.2 Å². The second-order valence-corrected chi connectivity index (χ2v) is 8.95. The number of hydrogen-bond acceptors (Lipinski definition) is 3. The minimum Gasteiger partial charge on any atom is -0.372 e. The Labute approximate surface area is 170 Å².